The minimum Gasteiger partial charge on any atom is -0.492 e. The van der Waals surface area contributed by atoms with Gasteiger partial charge in [-0.15, -0.1) is 0 Å². The van der Waals surface area contributed by atoms with Crippen molar-refractivity contribution in [2.45, 2.75) is 39.2 Å². The van der Waals surface area contributed by atoms with Gasteiger partial charge in [0, 0.05) is 13.1 Å². The van der Waals surface area contributed by atoms with E-state index in [1.54, 1.807) is 0 Å². The third-order valence-corrected chi connectivity index (χ3v) is 3.60. The summed E-state index contributed by atoms with van der Waals surface area (Å²) in [6.07, 6.45) is 3.47. The summed E-state index contributed by atoms with van der Waals surface area (Å²) in [6.45, 7) is 6.27. The third-order valence-electron chi connectivity index (χ3n) is 3.60. The molecule has 1 unspecified atom stereocenters. The van der Waals surface area contributed by atoms with E-state index in [1.165, 1.54) is 6.42 Å². The normalized spacial score (nSPS) is 16.6. The van der Waals surface area contributed by atoms with E-state index < -0.39 is 0 Å². The first kappa shape index (κ1) is 14.7. The predicted octanol–water partition coefficient (Wildman–Crippen LogP) is 2.90. The number of anilines is 1. The lowest BCUT2D eigenvalue weighted by Crippen LogP contribution is -2.43. The minimum atomic E-state index is -0.227. The lowest BCUT2D eigenvalue weighted by atomic mass is 10.1. The molecule has 110 valence electrons. The Morgan fingerprint density at radius 1 is 1.30 bits per heavy atom. The molecule has 0 aromatic heterocycles. The monoisotopic (exact) mass is 276 g/mol. The maximum absolute atomic E-state index is 12.4. The Labute approximate surface area is 121 Å². The van der Waals surface area contributed by atoms with E-state index in [9.17, 15) is 4.79 Å². The van der Waals surface area contributed by atoms with Crippen LogP contribution in [-0.4, -0.2) is 36.5 Å². The number of para-hydroxylation sites is 2. The number of amides is 1. The third kappa shape index (κ3) is 3.65. The van der Waals surface area contributed by atoms with Crippen LogP contribution in [0.1, 0.15) is 33.1 Å². The molecule has 1 aromatic rings. The standard InChI is InChI=1S/C16H24N2O2/c1-3-20-15-10-6-5-9-14(15)17-13(2)16(19)18-11-7-4-8-12-18/h5-6,9-10,13,17H,3-4,7-8,11-12H2,1-2H3. The lowest BCUT2D eigenvalue weighted by molar-refractivity contribution is -0.132. The van der Waals surface area contributed by atoms with Gasteiger partial charge in [-0.1, -0.05) is 12.1 Å². The maximum atomic E-state index is 12.4. The number of piperidine rings is 1. The molecule has 0 aliphatic carbocycles. The van der Waals surface area contributed by atoms with Crippen molar-refractivity contribution >= 4 is 11.6 Å². The van der Waals surface area contributed by atoms with Gasteiger partial charge in [0.25, 0.3) is 0 Å². The highest BCUT2D eigenvalue weighted by Gasteiger charge is 2.22. The van der Waals surface area contributed by atoms with Gasteiger partial charge in [-0.3, -0.25) is 4.79 Å². The number of carbonyl (C=O) groups is 1. The van der Waals surface area contributed by atoms with E-state index in [2.05, 4.69) is 5.32 Å². The summed E-state index contributed by atoms with van der Waals surface area (Å²) in [5, 5.41) is 3.28. The summed E-state index contributed by atoms with van der Waals surface area (Å²) < 4.78 is 5.58. The fourth-order valence-electron chi connectivity index (χ4n) is 2.55. The SMILES string of the molecule is CCOc1ccccc1NC(C)C(=O)N1CCCCC1. The Balaban J connectivity index is 1.99. The zero-order valence-corrected chi connectivity index (χ0v) is 12.4. The molecule has 1 aromatic carbocycles. The van der Waals surface area contributed by atoms with Crippen molar-refractivity contribution in [3.63, 3.8) is 0 Å². The molecule has 1 atom stereocenters. The first-order valence-electron chi connectivity index (χ1n) is 7.49. The van der Waals surface area contributed by atoms with Crippen molar-refractivity contribution in [2.24, 2.45) is 0 Å². The van der Waals surface area contributed by atoms with Crippen LogP contribution in [0.5, 0.6) is 5.75 Å². The number of hydrogen-bond donors (Lipinski definition) is 1. The summed E-state index contributed by atoms with van der Waals surface area (Å²) in [5.74, 6) is 0.976. The molecule has 0 saturated carbocycles. The van der Waals surface area contributed by atoms with E-state index >= 15 is 0 Å². The van der Waals surface area contributed by atoms with Crippen LogP contribution >= 0.6 is 0 Å². The van der Waals surface area contributed by atoms with Crippen molar-refractivity contribution in [1.29, 1.82) is 0 Å². The molecule has 4 nitrogen and oxygen atoms in total. The molecule has 1 heterocycles. The highest BCUT2D eigenvalue weighted by atomic mass is 16.5. The van der Waals surface area contributed by atoms with Crippen molar-refractivity contribution in [1.82, 2.24) is 4.90 Å². The van der Waals surface area contributed by atoms with Crippen molar-refractivity contribution in [2.75, 3.05) is 25.0 Å². The van der Waals surface area contributed by atoms with Gasteiger partial charge in [0.1, 0.15) is 11.8 Å². The Morgan fingerprint density at radius 3 is 2.70 bits per heavy atom. The Kier molecular flexibility index (Phi) is 5.27. The zero-order valence-electron chi connectivity index (χ0n) is 12.4. The van der Waals surface area contributed by atoms with Crippen LogP contribution < -0.4 is 10.1 Å². The van der Waals surface area contributed by atoms with Gasteiger partial charge >= 0.3 is 0 Å². The van der Waals surface area contributed by atoms with Gasteiger partial charge in [-0.05, 0) is 45.2 Å². The maximum Gasteiger partial charge on any atom is 0.244 e. The lowest BCUT2D eigenvalue weighted by Gasteiger charge is -2.30. The van der Waals surface area contributed by atoms with E-state index in [1.807, 2.05) is 43.0 Å². The number of nitrogens with one attached hydrogen (secondary N) is 1. The van der Waals surface area contributed by atoms with Crippen LogP contribution in [0, 0.1) is 0 Å². The van der Waals surface area contributed by atoms with Crippen molar-refractivity contribution in [3.8, 4) is 5.75 Å². The smallest absolute Gasteiger partial charge is 0.244 e. The average Bonchev–Trinajstić information content (AvgIpc) is 2.49. The molecular formula is C16H24N2O2. The van der Waals surface area contributed by atoms with Crippen molar-refractivity contribution in [3.05, 3.63) is 24.3 Å². The minimum absolute atomic E-state index is 0.177. The molecule has 20 heavy (non-hydrogen) atoms. The molecule has 0 bridgehead atoms. The molecule has 4 heteroatoms. The van der Waals surface area contributed by atoms with Gasteiger partial charge in [0.05, 0.1) is 12.3 Å². The summed E-state index contributed by atoms with van der Waals surface area (Å²) in [6, 6.07) is 7.53. The number of rotatable bonds is 5. The molecule has 1 fully saturated rings. The molecule has 1 amide bonds. The zero-order chi connectivity index (χ0) is 14.4. The number of ether oxygens (including phenoxy) is 1. The molecule has 2 rings (SSSR count). The van der Waals surface area contributed by atoms with Gasteiger partial charge in [-0.2, -0.15) is 0 Å². The summed E-state index contributed by atoms with van der Waals surface area (Å²) in [4.78, 5) is 14.4. The van der Waals surface area contributed by atoms with E-state index in [0.29, 0.717) is 6.61 Å². The molecule has 1 N–H and O–H groups in total. The molecule has 0 radical (unpaired) electrons. The molecule has 1 aliphatic rings. The van der Waals surface area contributed by atoms with Gasteiger partial charge < -0.3 is 15.0 Å². The molecular weight excluding hydrogens is 252 g/mol. The van der Waals surface area contributed by atoms with Crippen LogP contribution in [0.2, 0.25) is 0 Å². The van der Waals surface area contributed by atoms with Crippen LogP contribution in [0.25, 0.3) is 0 Å². The van der Waals surface area contributed by atoms with Crippen LogP contribution in [0.3, 0.4) is 0 Å². The second kappa shape index (κ2) is 7.17. The Morgan fingerprint density at radius 2 is 2.00 bits per heavy atom. The van der Waals surface area contributed by atoms with Crippen molar-refractivity contribution < 1.29 is 9.53 Å². The van der Waals surface area contributed by atoms with E-state index in [0.717, 1.165) is 37.4 Å². The predicted molar refractivity (Wildman–Crippen MR) is 81.1 cm³/mol. The fraction of sp³-hybridized carbons (Fsp3) is 0.562. The first-order valence-corrected chi connectivity index (χ1v) is 7.49. The number of benzene rings is 1. The van der Waals surface area contributed by atoms with Gasteiger partial charge in [0.2, 0.25) is 5.91 Å². The van der Waals surface area contributed by atoms with Crippen LogP contribution in [-0.2, 0) is 4.79 Å². The fourth-order valence-corrected chi connectivity index (χ4v) is 2.55. The Hall–Kier alpha value is -1.71. The first-order chi connectivity index (χ1) is 9.72. The quantitative estimate of drug-likeness (QED) is 0.899. The molecule has 1 aliphatic heterocycles. The number of carbonyl (C=O) groups excluding carboxylic acids is 1. The van der Waals surface area contributed by atoms with Crippen LogP contribution in [0.4, 0.5) is 5.69 Å². The number of nitrogens with zero attached hydrogens (tertiary/aromatic N) is 1. The molecule has 0 spiro atoms. The van der Waals surface area contributed by atoms with Gasteiger partial charge in [0.15, 0.2) is 0 Å². The number of likely N-dealkylation sites (tertiary alicyclic amines) is 1. The highest BCUT2D eigenvalue weighted by Crippen LogP contribution is 2.24. The largest absolute Gasteiger partial charge is 0.492 e. The summed E-state index contributed by atoms with van der Waals surface area (Å²) >= 11 is 0. The van der Waals surface area contributed by atoms with E-state index in [-0.39, 0.29) is 11.9 Å². The summed E-state index contributed by atoms with van der Waals surface area (Å²) in [5.41, 5.74) is 0.882. The van der Waals surface area contributed by atoms with Crippen LogP contribution in [0.15, 0.2) is 24.3 Å². The van der Waals surface area contributed by atoms with Gasteiger partial charge in [-0.25, -0.2) is 0 Å². The number of hydrogen-bond acceptors (Lipinski definition) is 3. The highest BCUT2D eigenvalue weighted by molar-refractivity contribution is 5.84. The topological polar surface area (TPSA) is 41.6 Å². The average molecular weight is 276 g/mol. The van der Waals surface area contributed by atoms with E-state index in [4.69, 9.17) is 4.74 Å². The second-order valence-corrected chi connectivity index (χ2v) is 5.18. The molecule has 1 saturated heterocycles. The summed E-state index contributed by atoms with van der Waals surface area (Å²) in [7, 11) is 0. The Bertz CT molecular complexity index is 442. The second-order valence-electron chi connectivity index (χ2n) is 5.18.